The first kappa shape index (κ1) is 16.1. The molecule has 0 unspecified atom stereocenters. The van der Waals surface area contributed by atoms with E-state index in [1.165, 1.54) is 6.07 Å². The summed E-state index contributed by atoms with van der Waals surface area (Å²) in [5.41, 5.74) is 1.29. The maximum Gasteiger partial charge on any atom is 0.341 e. The zero-order valence-corrected chi connectivity index (χ0v) is 13.5. The van der Waals surface area contributed by atoms with Gasteiger partial charge in [-0.05, 0) is 24.6 Å². The molecule has 0 amide bonds. The predicted octanol–water partition coefficient (Wildman–Crippen LogP) is 3.89. The van der Waals surface area contributed by atoms with E-state index in [9.17, 15) is 9.59 Å². The highest BCUT2D eigenvalue weighted by atomic mass is 35.5. The third-order valence-electron chi connectivity index (χ3n) is 3.51. The molecule has 122 valence electrons. The van der Waals surface area contributed by atoms with E-state index < -0.39 is 18.0 Å². The minimum absolute atomic E-state index is 0.143. The van der Waals surface area contributed by atoms with Crippen molar-refractivity contribution in [3.8, 4) is 17.1 Å². The Bertz CT molecular complexity index is 976. The second-order valence-electron chi connectivity index (χ2n) is 5.24. The average molecular weight is 345 g/mol. The van der Waals surface area contributed by atoms with Crippen molar-refractivity contribution in [3.05, 3.63) is 63.3 Å². The Hall–Kier alpha value is -2.79. The summed E-state index contributed by atoms with van der Waals surface area (Å²) in [6, 6.07) is 12.1. The fourth-order valence-corrected chi connectivity index (χ4v) is 2.51. The number of halogens is 1. The van der Waals surface area contributed by atoms with Crippen molar-refractivity contribution in [1.82, 2.24) is 0 Å². The van der Waals surface area contributed by atoms with Gasteiger partial charge in [0.1, 0.15) is 5.58 Å². The van der Waals surface area contributed by atoms with E-state index in [1.807, 2.05) is 6.07 Å². The standard InChI is InChI=1S/C18H13ClO5/c1-10-7-14-12(8-13(10)19)16(22)18(23-9-15(20)21)17(24-14)11-5-3-2-4-6-11/h2-8H,9H2,1H3,(H,20,21). The molecule has 0 spiro atoms. The average Bonchev–Trinajstić information content (AvgIpc) is 2.56. The molecule has 6 heteroatoms. The number of ether oxygens (including phenoxy) is 1. The molecule has 0 aliphatic heterocycles. The van der Waals surface area contributed by atoms with E-state index in [1.54, 1.807) is 37.3 Å². The third-order valence-corrected chi connectivity index (χ3v) is 3.91. The lowest BCUT2D eigenvalue weighted by molar-refractivity contribution is -0.139. The molecule has 0 fully saturated rings. The fourth-order valence-electron chi connectivity index (χ4n) is 2.34. The molecule has 2 aromatic carbocycles. The van der Waals surface area contributed by atoms with Gasteiger partial charge in [-0.1, -0.05) is 41.9 Å². The fraction of sp³-hybridized carbons (Fsp3) is 0.111. The summed E-state index contributed by atoms with van der Waals surface area (Å²) in [5, 5.41) is 9.51. The molecule has 0 radical (unpaired) electrons. The number of carboxylic acids is 1. The van der Waals surface area contributed by atoms with E-state index in [0.717, 1.165) is 5.56 Å². The van der Waals surface area contributed by atoms with Crippen LogP contribution in [0, 0.1) is 6.92 Å². The molecule has 24 heavy (non-hydrogen) atoms. The van der Waals surface area contributed by atoms with Crippen molar-refractivity contribution in [2.45, 2.75) is 6.92 Å². The van der Waals surface area contributed by atoms with Gasteiger partial charge in [0, 0.05) is 10.6 Å². The Labute approximate surface area is 142 Å². The number of hydrogen-bond donors (Lipinski definition) is 1. The molecule has 0 saturated carbocycles. The number of benzene rings is 2. The second-order valence-corrected chi connectivity index (χ2v) is 5.64. The largest absolute Gasteiger partial charge is 0.479 e. The van der Waals surface area contributed by atoms with Crippen molar-refractivity contribution < 1.29 is 19.1 Å². The van der Waals surface area contributed by atoms with Crippen LogP contribution in [0.2, 0.25) is 5.02 Å². The number of carbonyl (C=O) groups is 1. The van der Waals surface area contributed by atoms with Gasteiger partial charge in [-0.25, -0.2) is 4.79 Å². The molecule has 1 heterocycles. The normalized spacial score (nSPS) is 10.8. The van der Waals surface area contributed by atoms with Gasteiger partial charge in [0.2, 0.25) is 11.2 Å². The SMILES string of the molecule is Cc1cc2oc(-c3ccccc3)c(OCC(=O)O)c(=O)c2cc1Cl. The second kappa shape index (κ2) is 6.37. The summed E-state index contributed by atoms with van der Waals surface area (Å²) in [7, 11) is 0. The lowest BCUT2D eigenvalue weighted by Crippen LogP contribution is -2.16. The Morgan fingerprint density at radius 1 is 1.25 bits per heavy atom. The summed E-state index contributed by atoms with van der Waals surface area (Å²) >= 11 is 6.08. The zero-order valence-electron chi connectivity index (χ0n) is 12.7. The Morgan fingerprint density at radius 2 is 1.96 bits per heavy atom. The van der Waals surface area contributed by atoms with Crippen molar-refractivity contribution >= 4 is 28.5 Å². The molecule has 1 aromatic heterocycles. The molecule has 0 aliphatic rings. The monoisotopic (exact) mass is 344 g/mol. The van der Waals surface area contributed by atoms with Crippen LogP contribution in [-0.2, 0) is 4.79 Å². The van der Waals surface area contributed by atoms with Gasteiger partial charge in [-0.3, -0.25) is 4.79 Å². The van der Waals surface area contributed by atoms with E-state index in [0.29, 0.717) is 16.2 Å². The van der Waals surface area contributed by atoms with Crippen LogP contribution in [0.1, 0.15) is 5.56 Å². The Morgan fingerprint density at radius 3 is 2.62 bits per heavy atom. The Kier molecular flexibility index (Phi) is 4.27. The molecule has 0 atom stereocenters. The number of rotatable bonds is 4. The molecule has 3 aromatic rings. The highest BCUT2D eigenvalue weighted by molar-refractivity contribution is 6.32. The third kappa shape index (κ3) is 2.98. The maximum absolute atomic E-state index is 12.8. The Balaban J connectivity index is 2.31. The summed E-state index contributed by atoms with van der Waals surface area (Å²) < 4.78 is 11.1. The van der Waals surface area contributed by atoms with Gasteiger partial charge in [0.25, 0.3) is 0 Å². The number of aryl methyl sites for hydroxylation is 1. The highest BCUT2D eigenvalue weighted by Crippen LogP contribution is 2.32. The van der Waals surface area contributed by atoms with Crippen LogP contribution in [0.4, 0.5) is 0 Å². The molecule has 1 N–H and O–H groups in total. The van der Waals surface area contributed by atoms with Crippen molar-refractivity contribution in [3.63, 3.8) is 0 Å². The smallest absolute Gasteiger partial charge is 0.341 e. The highest BCUT2D eigenvalue weighted by Gasteiger charge is 2.19. The van der Waals surface area contributed by atoms with Crippen LogP contribution in [0.25, 0.3) is 22.3 Å². The van der Waals surface area contributed by atoms with Gasteiger partial charge in [0.05, 0.1) is 5.39 Å². The van der Waals surface area contributed by atoms with E-state index in [-0.39, 0.29) is 16.9 Å². The van der Waals surface area contributed by atoms with Crippen molar-refractivity contribution in [2.75, 3.05) is 6.61 Å². The number of hydrogen-bond acceptors (Lipinski definition) is 4. The summed E-state index contributed by atoms with van der Waals surface area (Å²) in [4.78, 5) is 23.6. The van der Waals surface area contributed by atoms with Gasteiger partial charge in [-0.2, -0.15) is 0 Å². The molecular formula is C18H13ClO5. The lowest BCUT2D eigenvalue weighted by atomic mass is 10.1. The number of carboxylic acid groups (broad SMARTS) is 1. The predicted molar refractivity (Wildman–Crippen MR) is 90.8 cm³/mol. The van der Waals surface area contributed by atoms with Crippen LogP contribution >= 0.6 is 11.6 Å². The van der Waals surface area contributed by atoms with Crippen LogP contribution in [0.15, 0.2) is 51.7 Å². The molecule has 0 bridgehead atoms. The van der Waals surface area contributed by atoms with Gasteiger partial charge in [-0.15, -0.1) is 0 Å². The van der Waals surface area contributed by atoms with E-state index in [2.05, 4.69) is 0 Å². The first-order chi connectivity index (χ1) is 11.5. The van der Waals surface area contributed by atoms with E-state index >= 15 is 0 Å². The van der Waals surface area contributed by atoms with Crippen molar-refractivity contribution in [1.29, 1.82) is 0 Å². The van der Waals surface area contributed by atoms with Crippen LogP contribution < -0.4 is 10.2 Å². The quantitative estimate of drug-likeness (QED) is 0.777. The van der Waals surface area contributed by atoms with Crippen LogP contribution in [-0.4, -0.2) is 17.7 Å². The summed E-state index contributed by atoms with van der Waals surface area (Å²) in [6.45, 7) is 1.16. The molecule has 3 rings (SSSR count). The van der Waals surface area contributed by atoms with Gasteiger partial charge >= 0.3 is 5.97 Å². The minimum Gasteiger partial charge on any atom is -0.479 e. The maximum atomic E-state index is 12.8. The van der Waals surface area contributed by atoms with E-state index in [4.69, 9.17) is 25.9 Å². The van der Waals surface area contributed by atoms with Crippen molar-refractivity contribution in [2.24, 2.45) is 0 Å². The first-order valence-corrected chi connectivity index (χ1v) is 7.52. The molecular weight excluding hydrogens is 332 g/mol. The lowest BCUT2D eigenvalue weighted by Gasteiger charge is -2.11. The molecule has 0 saturated heterocycles. The minimum atomic E-state index is -1.18. The topological polar surface area (TPSA) is 76.7 Å². The summed E-state index contributed by atoms with van der Waals surface area (Å²) in [5.74, 6) is -1.14. The summed E-state index contributed by atoms with van der Waals surface area (Å²) in [6.07, 6.45) is 0. The zero-order chi connectivity index (χ0) is 17.3. The first-order valence-electron chi connectivity index (χ1n) is 7.14. The van der Waals surface area contributed by atoms with Crippen LogP contribution in [0.3, 0.4) is 0 Å². The van der Waals surface area contributed by atoms with Gasteiger partial charge in [0.15, 0.2) is 12.4 Å². The molecule has 5 nitrogen and oxygen atoms in total. The number of fused-ring (bicyclic) bond motifs is 1. The van der Waals surface area contributed by atoms with Crippen LogP contribution in [0.5, 0.6) is 5.75 Å². The molecule has 0 aliphatic carbocycles. The van der Waals surface area contributed by atoms with Gasteiger partial charge < -0.3 is 14.3 Å². The number of aliphatic carboxylic acids is 1.